The Hall–Kier alpha value is -0.550. The summed E-state index contributed by atoms with van der Waals surface area (Å²) in [5.74, 6) is 0. The number of aryl methyl sites for hydroxylation is 1. The molecule has 0 unspecified atom stereocenters. The minimum atomic E-state index is -0.328. The first-order valence-corrected chi connectivity index (χ1v) is 5.46. The normalized spacial score (nSPS) is 10.9. The molecule has 1 aromatic rings. The molecule has 0 spiro atoms. The van der Waals surface area contributed by atoms with Gasteiger partial charge in [-0.2, -0.15) is 0 Å². The van der Waals surface area contributed by atoms with Crippen molar-refractivity contribution in [2.24, 2.45) is 0 Å². The van der Waals surface area contributed by atoms with Gasteiger partial charge in [-0.25, -0.2) is 4.98 Å². The molecular weight excluding hydrogens is 251 g/mol. The predicted molar refractivity (Wildman–Crippen MR) is 65.3 cm³/mol. The van der Waals surface area contributed by atoms with Gasteiger partial charge in [0.05, 0.1) is 12.2 Å². The standard InChI is InChI=1S/C10H14Cl2N2O2/c1-6-4-7(11)14-10(12)9(6)13-5-8(15-2)16-3/h4,8,13H,5H2,1-3H3. The molecule has 0 aliphatic rings. The molecule has 0 atom stereocenters. The van der Waals surface area contributed by atoms with Gasteiger partial charge < -0.3 is 14.8 Å². The maximum absolute atomic E-state index is 5.96. The SMILES string of the molecule is COC(CNc1c(C)cc(Cl)nc1Cl)OC. The van der Waals surface area contributed by atoms with Crippen molar-refractivity contribution in [3.8, 4) is 0 Å². The summed E-state index contributed by atoms with van der Waals surface area (Å²) in [4.78, 5) is 3.95. The molecule has 0 aromatic carbocycles. The van der Waals surface area contributed by atoms with Crippen LogP contribution in [0.4, 0.5) is 5.69 Å². The second-order valence-electron chi connectivity index (χ2n) is 3.21. The number of hydrogen-bond donors (Lipinski definition) is 1. The number of ether oxygens (including phenoxy) is 2. The molecule has 0 aliphatic carbocycles. The van der Waals surface area contributed by atoms with Crippen LogP contribution in [0.5, 0.6) is 0 Å². The van der Waals surface area contributed by atoms with Crippen LogP contribution in [0.15, 0.2) is 6.07 Å². The van der Waals surface area contributed by atoms with Crippen LogP contribution in [0.3, 0.4) is 0 Å². The van der Waals surface area contributed by atoms with E-state index in [1.54, 1.807) is 20.3 Å². The Balaban J connectivity index is 2.74. The van der Waals surface area contributed by atoms with E-state index in [1.165, 1.54) is 0 Å². The van der Waals surface area contributed by atoms with Crippen molar-refractivity contribution in [3.05, 3.63) is 21.9 Å². The largest absolute Gasteiger partial charge is 0.377 e. The molecule has 4 nitrogen and oxygen atoms in total. The number of rotatable bonds is 5. The first kappa shape index (κ1) is 13.5. The van der Waals surface area contributed by atoms with E-state index in [1.807, 2.05) is 6.92 Å². The van der Waals surface area contributed by atoms with E-state index < -0.39 is 0 Å². The Labute approximate surface area is 105 Å². The number of aromatic nitrogens is 1. The van der Waals surface area contributed by atoms with Gasteiger partial charge in [-0.1, -0.05) is 23.2 Å². The quantitative estimate of drug-likeness (QED) is 0.656. The van der Waals surface area contributed by atoms with E-state index in [0.717, 1.165) is 11.3 Å². The predicted octanol–water partition coefficient (Wildman–Crippen LogP) is 2.73. The number of pyridine rings is 1. The maximum atomic E-state index is 5.96. The van der Waals surface area contributed by atoms with Crippen LogP contribution in [0, 0.1) is 6.92 Å². The van der Waals surface area contributed by atoms with Crippen molar-refractivity contribution in [2.45, 2.75) is 13.2 Å². The van der Waals surface area contributed by atoms with E-state index in [4.69, 9.17) is 32.7 Å². The highest BCUT2D eigenvalue weighted by Gasteiger charge is 2.10. The van der Waals surface area contributed by atoms with Gasteiger partial charge in [-0.3, -0.25) is 0 Å². The summed E-state index contributed by atoms with van der Waals surface area (Å²) in [6.45, 7) is 2.38. The van der Waals surface area contributed by atoms with Crippen LogP contribution in [0.25, 0.3) is 0 Å². The molecule has 1 aromatic heterocycles. The molecule has 0 saturated heterocycles. The molecule has 0 amide bonds. The zero-order valence-electron chi connectivity index (χ0n) is 9.38. The van der Waals surface area contributed by atoms with Crippen molar-refractivity contribution in [1.82, 2.24) is 4.98 Å². The topological polar surface area (TPSA) is 43.4 Å². The fourth-order valence-electron chi connectivity index (χ4n) is 1.26. The molecule has 6 heteroatoms. The van der Waals surface area contributed by atoms with E-state index in [9.17, 15) is 0 Å². The van der Waals surface area contributed by atoms with E-state index in [-0.39, 0.29) is 6.29 Å². The Morgan fingerprint density at radius 1 is 1.38 bits per heavy atom. The summed E-state index contributed by atoms with van der Waals surface area (Å²) in [5, 5.41) is 3.83. The van der Waals surface area contributed by atoms with Gasteiger partial charge in [-0.15, -0.1) is 0 Å². The van der Waals surface area contributed by atoms with Gasteiger partial charge in [0.1, 0.15) is 5.15 Å². The molecule has 0 aliphatic heterocycles. The summed E-state index contributed by atoms with van der Waals surface area (Å²) < 4.78 is 10.1. The lowest BCUT2D eigenvalue weighted by molar-refractivity contribution is -0.0914. The van der Waals surface area contributed by atoms with Gasteiger partial charge in [-0.05, 0) is 18.6 Å². The van der Waals surface area contributed by atoms with Gasteiger partial charge in [0.2, 0.25) is 0 Å². The third kappa shape index (κ3) is 3.49. The Morgan fingerprint density at radius 2 is 2.00 bits per heavy atom. The molecule has 1 heterocycles. The number of anilines is 1. The number of halogens is 2. The van der Waals surface area contributed by atoms with Gasteiger partial charge in [0.25, 0.3) is 0 Å². The molecule has 90 valence electrons. The lowest BCUT2D eigenvalue weighted by atomic mass is 10.2. The molecule has 0 bridgehead atoms. The minimum Gasteiger partial charge on any atom is -0.377 e. The van der Waals surface area contributed by atoms with Crippen LogP contribution in [-0.2, 0) is 9.47 Å². The lowest BCUT2D eigenvalue weighted by Gasteiger charge is -2.16. The number of nitrogens with one attached hydrogen (secondary N) is 1. The Bertz CT molecular complexity index is 334. The summed E-state index contributed by atoms with van der Waals surface area (Å²) in [5.41, 5.74) is 1.67. The summed E-state index contributed by atoms with van der Waals surface area (Å²) in [6.07, 6.45) is -0.328. The molecule has 0 fully saturated rings. The number of hydrogen-bond acceptors (Lipinski definition) is 4. The fraction of sp³-hybridized carbons (Fsp3) is 0.500. The lowest BCUT2D eigenvalue weighted by Crippen LogP contribution is -2.24. The Morgan fingerprint density at radius 3 is 2.50 bits per heavy atom. The number of nitrogens with zero attached hydrogens (tertiary/aromatic N) is 1. The van der Waals surface area contributed by atoms with E-state index in [2.05, 4.69) is 10.3 Å². The van der Waals surface area contributed by atoms with Crippen LogP contribution in [-0.4, -0.2) is 32.0 Å². The molecule has 1 N–H and O–H groups in total. The summed E-state index contributed by atoms with van der Waals surface area (Å²) in [7, 11) is 3.15. The molecule has 0 saturated carbocycles. The maximum Gasteiger partial charge on any atom is 0.173 e. The van der Waals surface area contributed by atoms with Gasteiger partial charge >= 0.3 is 0 Å². The molecule has 0 radical (unpaired) electrons. The highest BCUT2D eigenvalue weighted by molar-refractivity contribution is 6.34. The second-order valence-corrected chi connectivity index (χ2v) is 3.95. The van der Waals surface area contributed by atoms with Crippen LogP contribution in [0.1, 0.15) is 5.56 Å². The highest BCUT2D eigenvalue weighted by atomic mass is 35.5. The van der Waals surface area contributed by atoms with E-state index in [0.29, 0.717) is 16.9 Å². The van der Waals surface area contributed by atoms with Crippen LogP contribution < -0.4 is 5.32 Å². The summed E-state index contributed by atoms with van der Waals surface area (Å²) >= 11 is 11.7. The Kier molecular flexibility index (Phi) is 5.28. The molecule has 16 heavy (non-hydrogen) atoms. The van der Waals surface area contributed by atoms with E-state index >= 15 is 0 Å². The third-order valence-corrected chi connectivity index (χ3v) is 2.58. The third-order valence-electron chi connectivity index (χ3n) is 2.11. The zero-order chi connectivity index (χ0) is 12.1. The first-order valence-electron chi connectivity index (χ1n) is 4.70. The molecular formula is C10H14Cl2N2O2. The minimum absolute atomic E-state index is 0.328. The fourth-order valence-corrected chi connectivity index (χ4v) is 1.85. The van der Waals surface area contributed by atoms with Crippen molar-refractivity contribution in [1.29, 1.82) is 0 Å². The summed E-state index contributed by atoms with van der Waals surface area (Å²) in [6, 6.07) is 1.74. The first-order chi connectivity index (χ1) is 7.58. The average molecular weight is 265 g/mol. The van der Waals surface area contributed by atoms with Crippen molar-refractivity contribution >= 4 is 28.9 Å². The smallest absolute Gasteiger partial charge is 0.173 e. The van der Waals surface area contributed by atoms with Gasteiger partial charge in [0, 0.05) is 14.2 Å². The van der Waals surface area contributed by atoms with Crippen molar-refractivity contribution in [2.75, 3.05) is 26.1 Å². The van der Waals surface area contributed by atoms with Crippen molar-refractivity contribution < 1.29 is 9.47 Å². The van der Waals surface area contributed by atoms with Crippen LogP contribution >= 0.6 is 23.2 Å². The average Bonchev–Trinajstić information content (AvgIpc) is 2.22. The zero-order valence-corrected chi connectivity index (χ0v) is 10.9. The monoisotopic (exact) mass is 264 g/mol. The van der Waals surface area contributed by atoms with Crippen LogP contribution in [0.2, 0.25) is 10.3 Å². The number of methoxy groups -OCH3 is 2. The molecule has 1 rings (SSSR count). The van der Waals surface area contributed by atoms with Gasteiger partial charge in [0.15, 0.2) is 11.4 Å². The highest BCUT2D eigenvalue weighted by Crippen LogP contribution is 2.26. The second kappa shape index (κ2) is 6.25. The van der Waals surface area contributed by atoms with Crippen molar-refractivity contribution in [3.63, 3.8) is 0 Å².